The smallest absolute Gasteiger partial charge is 0.0702 e. The first kappa shape index (κ1) is 12.4. The van der Waals surface area contributed by atoms with Crippen molar-refractivity contribution in [2.75, 3.05) is 19.7 Å². The first-order chi connectivity index (χ1) is 7.90. The minimum absolute atomic E-state index is 0.524. The van der Waals surface area contributed by atoms with Gasteiger partial charge in [-0.1, -0.05) is 26.2 Å². The zero-order chi connectivity index (χ0) is 11.2. The van der Waals surface area contributed by atoms with E-state index in [0.717, 1.165) is 12.6 Å². The highest BCUT2D eigenvalue weighted by atomic mass is 16.5. The van der Waals surface area contributed by atoms with E-state index in [1.807, 2.05) is 0 Å². The second kappa shape index (κ2) is 6.61. The van der Waals surface area contributed by atoms with Crippen molar-refractivity contribution in [1.29, 1.82) is 0 Å². The summed E-state index contributed by atoms with van der Waals surface area (Å²) < 4.78 is 5.86. The van der Waals surface area contributed by atoms with Gasteiger partial charge in [0.15, 0.2) is 0 Å². The van der Waals surface area contributed by atoms with Gasteiger partial charge in [-0.05, 0) is 38.6 Å². The fourth-order valence-electron chi connectivity index (χ4n) is 3.20. The second-order valence-corrected chi connectivity index (χ2v) is 5.37. The summed E-state index contributed by atoms with van der Waals surface area (Å²) in [5, 5.41) is 0. The normalized spacial score (nSPS) is 28.5. The first-order valence-corrected chi connectivity index (χ1v) is 7.26. The zero-order valence-corrected chi connectivity index (χ0v) is 10.8. The summed E-state index contributed by atoms with van der Waals surface area (Å²) in [6.07, 6.45) is 11.6. The molecule has 16 heavy (non-hydrogen) atoms. The molecule has 2 nitrogen and oxygen atoms in total. The van der Waals surface area contributed by atoms with E-state index in [9.17, 15) is 0 Å². The Morgan fingerprint density at radius 3 is 2.38 bits per heavy atom. The SMILES string of the molecule is CCN(CC1CCCCO1)C1CCCCC1. The molecule has 0 spiro atoms. The number of ether oxygens (including phenoxy) is 1. The maximum absolute atomic E-state index is 5.86. The minimum atomic E-state index is 0.524. The summed E-state index contributed by atoms with van der Waals surface area (Å²) in [5.74, 6) is 0. The number of nitrogens with zero attached hydrogens (tertiary/aromatic N) is 1. The second-order valence-electron chi connectivity index (χ2n) is 5.37. The molecule has 2 rings (SSSR count). The molecule has 1 aliphatic heterocycles. The van der Waals surface area contributed by atoms with E-state index >= 15 is 0 Å². The molecule has 0 amide bonds. The number of hydrogen-bond donors (Lipinski definition) is 0. The lowest BCUT2D eigenvalue weighted by molar-refractivity contribution is -0.0158. The van der Waals surface area contributed by atoms with Gasteiger partial charge in [-0.25, -0.2) is 0 Å². The van der Waals surface area contributed by atoms with Crippen LogP contribution in [0.1, 0.15) is 58.3 Å². The van der Waals surface area contributed by atoms with Gasteiger partial charge in [0.05, 0.1) is 6.10 Å². The monoisotopic (exact) mass is 225 g/mol. The van der Waals surface area contributed by atoms with Crippen LogP contribution in [0.15, 0.2) is 0 Å². The summed E-state index contributed by atoms with van der Waals surface area (Å²) in [6, 6.07) is 0.851. The molecule has 2 aliphatic rings. The maximum Gasteiger partial charge on any atom is 0.0702 e. The van der Waals surface area contributed by atoms with Gasteiger partial charge in [-0.3, -0.25) is 4.90 Å². The van der Waals surface area contributed by atoms with E-state index in [1.165, 1.54) is 64.5 Å². The summed E-state index contributed by atoms with van der Waals surface area (Å²) in [6.45, 7) is 5.68. The summed E-state index contributed by atoms with van der Waals surface area (Å²) >= 11 is 0. The molecule has 0 aromatic rings. The molecule has 1 unspecified atom stereocenters. The van der Waals surface area contributed by atoms with Crippen LogP contribution in [0.4, 0.5) is 0 Å². The third-order valence-corrected chi connectivity index (χ3v) is 4.21. The Hall–Kier alpha value is -0.0800. The Bertz CT molecular complexity index is 183. The van der Waals surface area contributed by atoms with Gasteiger partial charge in [0.1, 0.15) is 0 Å². The number of rotatable bonds is 4. The van der Waals surface area contributed by atoms with Crippen LogP contribution >= 0.6 is 0 Å². The Kier molecular flexibility index (Phi) is 5.11. The fraction of sp³-hybridized carbons (Fsp3) is 1.00. The third kappa shape index (κ3) is 3.46. The van der Waals surface area contributed by atoms with E-state index < -0.39 is 0 Å². The Morgan fingerprint density at radius 2 is 1.75 bits per heavy atom. The molecule has 0 bridgehead atoms. The summed E-state index contributed by atoms with van der Waals surface area (Å²) in [7, 11) is 0. The Morgan fingerprint density at radius 1 is 1.00 bits per heavy atom. The van der Waals surface area contributed by atoms with Gasteiger partial charge in [-0.2, -0.15) is 0 Å². The third-order valence-electron chi connectivity index (χ3n) is 4.21. The topological polar surface area (TPSA) is 12.5 Å². The molecule has 0 N–H and O–H groups in total. The standard InChI is InChI=1S/C14H27NO/c1-2-15(13-8-4-3-5-9-13)12-14-10-6-7-11-16-14/h13-14H,2-12H2,1H3. The maximum atomic E-state index is 5.86. The van der Waals surface area contributed by atoms with Crippen molar-refractivity contribution >= 4 is 0 Å². The van der Waals surface area contributed by atoms with Crippen LogP contribution < -0.4 is 0 Å². The predicted octanol–water partition coefficient (Wildman–Crippen LogP) is 3.21. The molecule has 1 saturated carbocycles. The van der Waals surface area contributed by atoms with Crippen molar-refractivity contribution in [3.8, 4) is 0 Å². The highest BCUT2D eigenvalue weighted by molar-refractivity contribution is 4.78. The van der Waals surface area contributed by atoms with Gasteiger partial charge in [-0.15, -0.1) is 0 Å². The van der Waals surface area contributed by atoms with Crippen molar-refractivity contribution in [3.63, 3.8) is 0 Å². The van der Waals surface area contributed by atoms with Gasteiger partial charge in [0, 0.05) is 19.2 Å². The van der Waals surface area contributed by atoms with Gasteiger partial charge < -0.3 is 4.74 Å². The summed E-state index contributed by atoms with van der Waals surface area (Å²) in [5.41, 5.74) is 0. The lowest BCUT2D eigenvalue weighted by Crippen LogP contribution is -2.43. The van der Waals surface area contributed by atoms with Crippen molar-refractivity contribution < 1.29 is 4.74 Å². The molecule has 1 aliphatic carbocycles. The van der Waals surface area contributed by atoms with Crippen LogP contribution in [0.3, 0.4) is 0 Å². The first-order valence-electron chi connectivity index (χ1n) is 7.26. The van der Waals surface area contributed by atoms with Crippen LogP contribution in [0, 0.1) is 0 Å². The van der Waals surface area contributed by atoms with Crippen LogP contribution in [-0.4, -0.2) is 36.7 Å². The molecule has 2 heteroatoms. The molecule has 1 saturated heterocycles. The molecule has 0 radical (unpaired) electrons. The highest BCUT2D eigenvalue weighted by Gasteiger charge is 2.23. The van der Waals surface area contributed by atoms with E-state index in [2.05, 4.69) is 11.8 Å². The Labute approximate surface area is 100 Å². The zero-order valence-electron chi connectivity index (χ0n) is 10.8. The van der Waals surface area contributed by atoms with Gasteiger partial charge >= 0.3 is 0 Å². The lowest BCUT2D eigenvalue weighted by atomic mass is 9.93. The average molecular weight is 225 g/mol. The van der Waals surface area contributed by atoms with Crippen molar-refractivity contribution in [2.24, 2.45) is 0 Å². The van der Waals surface area contributed by atoms with Crippen molar-refractivity contribution in [2.45, 2.75) is 70.4 Å². The predicted molar refractivity (Wildman–Crippen MR) is 67.7 cm³/mol. The fourth-order valence-corrected chi connectivity index (χ4v) is 3.20. The molecule has 94 valence electrons. The van der Waals surface area contributed by atoms with Crippen LogP contribution in [-0.2, 0) is 4.74 Å². The number of hydrogen-bond acceptors (Lipinski definition) is 2. The largest absolute Gasteiger partial charge is 0.377 e. The van der Waals surface area contributed by atoms with Gasteiger partial charge in [0.25, 0.3) is 0 Å². The lowest BCUT2D eigenvalue weighted by Gasteiger charge is -2.36. The van der Waals surface area contributed by atoms with Gasteiger partial charge in [0.2, 0.25) is 0 Å². The Balaban J connectivity index is 1.78. The molecule has 2 fully saturated rings. The summed E-state index contributed by atoms with van der Waals surface area (Å²) in [4.78, 5) is 2.68. The minimum Gasteiger partial charge on any atom is -0.377 e. The van der Waals surface area contributed by atoms with Crippen molar-refractivity contribution in [3.05, 3.63) is 0 Å². The molecular formula is C14H27NO. The van der Waals surface area contributed by atoms with Crippen molar-refractivity contribution in [1.82, 2.24) is 4.90 Å². The highest BCUT2D eigenvalue weighted by Crippen LogP contribution is 2.24. The molecular weight excluding hydrogens is 198 g/mol. The van der Waals surface area contributed by atoms with Crippen LogP contribution in [0.2, 0.25) is 0 Å². The number of likely N-dealkylation sites (N-methyl/N-ethyl adjacent to an activating group) is 1. The molecule has 0 aromatic carbocycles. The van der Waals surface area contributed by atoms with E-state index in [1.54, 1.807) is 0 Å². The van der Waals surface area contributed by atoms with Crippen LogP contribution in [0.5, 0.6) is 0 Å². The van der Waals surface area contributed by atoms with E-state index in [4.69, 9.17) is 4.74 Å². The quantitative estimate of drug-likeness (QED) is 0.728. The molecule has 1 atom stereocenters. The van der Waals surface area contributed by atoms with E-state index in [0.29, 0.717) is 6.10 Å². The molecule has 1 heterocycles. The van der Waals surface area contributed by atoms with Crippen LogP contribution in [0.25, 0.3) is 0 Å². The van der Waals surface area contributed by atoms with E-state index in [-0.39, 0.29) is 0 Å². The molecule has 0 aromatic heterocycles. The average Bonchev–Trinajstić information content (AvgIpc) is 2.38.